The molecule has 2 rings (SSSR count). The maximum absolute atomic E-state index is 13.2. The summed E-state index contributed by atoms with van der Waals surface area (Å²) < 4.78 is 13.2. The lowest BCUT2D eigenvalue weighted by atomic mass is 10.1. The van der Waals surface area contributed by atoms with Gasteiger partial charge in [-0.25, -0.2) is 4.39 Å². The number of benzene rings is 2. The zero-order valence-corrected chi connectivity index (χ0v) is 10.6. The van der Waals surface area contributed by atoms with Crippen LogP contribution in [0.3, 0.4) is 0 Å². The van der Waals surface area contributed by atoms with Gasteiger partial charge in [0, 0.05) is 18.8 Å². The number of para-hydroxylation sites is 1. The molecule has 0 saturated carbocycles. The van der Waals surface area contributed by atoms with Crippen LogP contribution in [0.25, 0.3) is 0 Å². The average molecular weight is 274 g/mol. The maximum Gasteiger partial charge on any atom is 0.282 e. The minimum Gasteiger partial charge on any atom is -0.311 e. The molecule has 0 heterocycles. The molecule has 0 aliphatic carbocycles. The van der Waals surface area contributed by atoms with Gasteiger partial charge in [0.25, 0.3) is 11.6 Å². The fourth-order valence-electron chi connectivity index (χ4n) is 1.79. The largest absolute Gasteiger partial charge is 0.311 e. The molecule has 0 N–H and O–H groups in total. The van der Waals surface area contributed by atoms with Gasteiger partial charge in [0.05, 0.1) is 4.92 Å². The van der Waals surface area contributed by atoms with E-state index in [-0.39, 0.29) is 5.56 Å². The van der Waals surface area contributed by atoms with Gasteiger partial charge in [-0.1, -0.05) is 18.2 Å². The van der Waals surface area contributed by atoms with Crippen LogP contribution in [0.15, 0.2) is 48.5 Å². The van der Waals surface area contributed by atoms with Crippen LogP contribution in [0.4, 0.5) is 15.8 Å². The van der Waals surface area contributed by atoms with Crippen molar-refractivity contribution in [3.05, 3.63) is 70.0 Å². The number of carbonyl (C=O) groups is 1. The zero-order chi connectivity index (χ0) is 14.7. The van der Waals surface area contributed by atoms with E-state index in [0.29, 0.717) is 5.69 Å². The Morgan fingerprint density at radius 3 is 2.45 bits per heavy atom. The molecule has 0 bridgehead atoms. The van der Waals surface area contributed by atoms with Crippen LogP contribution in [-0.2, 0) is 0 Å². The summed E-state index contributed by atoms with van der Waals surface area (Å²) in [6.45, 7) is 0. The third-order valence-electron chi connectivity index (χ3n) is 2.83. The Morgan fingerprint density at radius 2 is 1.85 bits per heavy atom. The van der Waals surface area contributed by atoms with Gasteiger partial charge in [-0.3, -0.25) is 14.9 Å². The summed E-state index contributed by atoms with van der Waals surface area (Å²) in [6.07, 6.45) is 0. The number of anilines is 1. The van der Waals surface area contributed by atoms with E-state index in [2.05, 4.69) is 0 Å². The van der Waals surface area contributed by atoms with Crippen molar-refractivity contribution >= 4 is 17.3 Å². The van der Waals surface area contributed by atoms with Crippen molar-refractivity contribution in [2.75, 3.05) is 11.9 Å². The van der Waals surface area contributed by atoms with Crippen LogP contribution in [0.2, 0.25) is 0 Å². The molecule has 1 amide bonds. The van der Waals surface area contributed by atoms with E-state index in [0.717, 1.165) is 18.2 Å². The second kappa shape index (κ2) is 5.48. The Kier molecular flexibility index (Phi) is 3.74. The number of halogens is 1. The summed E-state index contributed by atoms with van der Waals surface area (Å²) in [4.78, 5) is 23.7. The normalized spacial score (nSPS) is 10.1. The Balaban J connectivity index is 2.43. The van der Waals surface area contributed by atoms with Crippen molar-refractivity contribution < 1.29 is 14.1 Å². The van der Waals surface area contributed by atoms with Gasteiger partial charge in [-0.2, -0.15) is 0 Å². The molecule has 0 atom stereocenters. The molecule has 20 heavy (non-hydrogen) atoms. The highest BCUT2D eigenvalue weighted by Gasteiger charge is 2.24. The third kappa shape index (κ3) is 2.64. The number of nitro benzene ring substituents is 1. The number of amides is 1. The maximum atomic E-state index is 13.2. The minimum atomic E-state index is -0.703. The highest BCUT2D eigenvalue weighted by atomic mass is 19.1. The van der Waals surface area contributed by atoms with Gasteiger partial charge in [0.2, 0.25) is 0 Å². The predicted octanol–water partition coefficient (Wildman–Crippen LogP) is 3.01. The van der Waals surface area contributed by atoms with E-state index in [9.17, 15) is 19.3 Å². The van der Waals surface area contributed by atoms with Gasteiger partial charge in [0.15, 0.2) is 0 Å². The second-order valence-corrected chi connectivity index (χ2v) is 4.12. The van der Waals surface area contributed by atoms with Crippen molar-refractivity contribution in [3.63, 3.8) is 0 Å². The number of nitrogens with zero attached hydrogens (tertiary/aromatic N) is 2. The van der Waals surface area contributed by atoms with E-state index in [1.807, 2.05) is 0 Å². The summed E-state index contributed by atoms with van der Waals surface area (Å²) in [5.74, 6) is -1.33. The predicted molar refractivity (Wildman–Crippen MR) is 72.2 cm³/mol. The fraction of sp³-hybridized carbons (Fsp3) is 0.0714. The molecule has 0 unspecified atom stereocenters. The van der Waals surface area contributed by atoms with Gasteiger partial charge in [-0.05, 0) is 24.3 Å². The molecule has 0 aliphatic rings. The molecular weight excluding hydrogens is 263 g/mol. The Morgan fingerprint density at radius 1 is 1.20 bits per heavy atom. The molecule has 2 aromatic carbocycles. The van der Waals surface area contributed by atoms with Crippen LogP contribution in [0, 0.1) is 15.9 Å². The lowest BCUT2D eigenvalue weighted by Gasteiger charge is -2.17. The molecule has 0 radical (unpaired) electrons. The first kappa shape index (κ1) is 13.7. The van der Waals surface area contributed by atoms with Crippen LogP contribution in [-0.4, -0.2) is 17.9 Å². The molecule has 2 aromatic rings. The zero-order valence-electron chi connectivity index (χ0n) is 10.6. The van der Waals surface area contributed by atoms with Crippen molar-refractivity contribution in [2.24, 2.45) is 0 Å². The number of hydrogen-bond donors (Lipinski definition) is 0. The molecule has 0 aromatic heterocycles. The molecular formula is C14H11FN2O3. The van der Waals surface area contributed by atoms with Crippen LogP contribution in [0.1, 0.15) is 10.4 Å². The highest BCUT2D eigenvalue weighted by molar-refractivity contribution is 6.08. The Labute approximate surface area is 114 Å². The van der Waals surface area contributed by atoms with Crippen molar-refractivity contribution in [3.8, 4) is 0 Å². The standard InChI is InChI=1S/C14H11FN2O3/c1-16(11-5-3-2-4-6-11)14(18)12-9-10(15)7-8-13(12)17(19)20/h2-9H,1H3. The Bertz CT molecular complexity index is 659. The molecule has 6 heteroatoms. The smallest absolute Gasteiger partial charge is 0.282 e. The van der Waals surface area contributed by atoms with E-state index >= 15 is 0 Å². The molecule has 0 saturated heterocycles. The van der Waals surface area contributed by atoms with Crippen molar-refractivity contribution in [2.45, 2.75) is 0 Å². The Hall–Kier alpha value is -2.76. The monoisotopic (exact) mass is 274 g/mol. The van der Waals surface area contributed by atoms with Crippen molar-refractivity contribution in [1.29, 1.82) is 0 Å². The number of carbonyl (C=O) groups excluding carboxylic acids is 1. The first-order valence-electron chi connectivity index (χ1n) is 5.78. The number of nitro groups is 1. The first-order chi connectivity index (χ1) is 9.50. The molecule has 0 aliphatic heterocycles. The third-order valence-corrected chi connectivity index (χ3v) is 2.83. The van der Waals surface area contributed by atoms with E-state index in [1.165, 1.54) is 11.9 Å². The summed E-state index contributed by atoms with van der Waals surface area (Å²) in [5, 5.41) is 10.9. The lowest BCUT2D eigenvalue weighted by Crippen LogP contribution is -2.27. The quantitative estimate of drug-likeness (QED) is 0.638. The summed E-state index contributed by atoms with van der Waals surface area (Å²) >= 11 is 0. The minimum absolute atomic E-state index is 0.277. The van der Waals surface area contributed by atoms with Gasteiger partial charge < -0.3 is 4.90 Å². The van der Waals surface area contributed by atoms with E-state index in [1.54, 1.807) is 30.3 Å². The fourth-order valence-corrected chi connectivity index (χ4v) is 1.79. The topological polar surface area (TPSA) is 63.5 Å². The summed E-state index contributed by atoms with van der Waals surface area (Å²) in [6, 6.07) is 11.4. The first-order valence-corrected chi connectivity index (χ1v) is 5.78. The highest BCUT2D eigenvalue weighted by Crippen LogP contribution is 2.23. The summed E-state index contributed by atoms with van der Waals surface area (Å²) in [7, 11) is 1.48. The van der Waals surface area contributed by atoms with Gasteiger partial charge in [0.1, 0.15) is 11.4 Å². The number of hydrogen-bond acceptors (Lipinski definition) is 3. The molecule has 102 valence electrons. The van der Waals surface area contributed by atoms with Gasteiger partial charge in [-0.15, -0.1) is 0 Å². The van der Waals surface area contributed by atoms with Crippen LogP contribution >= 0.6 is 0 Å². The lowest BCUT2D eigenvalue weighted by molar-refractivity contribution is -0.385. The molecule has 0 spiro atoms. The molecule has 0 fully saturated rings. The molecule has 5 nitrogen and oxygen atoms in total. The van der Waals surface area contributed by atoms with Crippen LogP contribution < -0.4 is 4.90 Å². The number of rotatable bonds is 3. The van der Waals surface area contributed by atoms with E-state index < -0.39 is 22.3 Å². The summed E-state index contributed by atoms with van der Waals surface area (Å²) in [5.41, 5.74) is -0.128. The second-order valence-electron chi connectivity index (χ2n) is 4.12. The van der Waals surface area contributed by atoms with Crippen LogP contribution in [0.5, 0.6) is 0 Å². The average Bonchev–Trinajstić information content (AvgIpc) is 2.46. The van der Waals surface area contributed by atoms with E-state index in [4.69, 9.17) is 0 Å². The SMILES string of the molecule is CN(C(=O)c1cc(F)ccc1[N+](=O)[O-])c1ccccc1. The van der Waals surface area contributed by atoms with Gasteiger partial charge >= 0.3 is 0 Å². The van der Waals surface area contributed by atoms with Crippen molar-refractivity contribution in [1.82, 2.24) is 0 Å².